The topological polar surface area (TPSA) is 92.2 Å². The van der Waals surface area contributed by atoms with Gasteiger partial charge in [0.2, 0.25) is 0 Å². The number of nitrogens with one attached hydrogen (secondary N) is 1. The molecule has 0 radical (unpaired) electrons. The molecule has 1 heterocycles. The lowest BCUT2D eigenvalue weighted by Gasteiger charge is -2.21. The molecule has 21 heavy (non-hydrogen) atoms. The van der Waals surface area contributed by atoms with Gasteiger partial charge in [-0.1, -0.05) is 20.3 Å². The van der Waals surface area contributed by atoms with Crippen LogP contribution < -0.4 is 5.32 Å². The van der Waals surface area contributed by atoms with Gasteiger partial charge in [-0.05, 0) is 26.0 Å². The van der Waals surface area contributed by atoms with E-state index >= 15 is 0 Å². The van der Waals surface area contributed by atoms with E-state index in [1.165, 1.54) is 11.8 Å². The van der Waals surface area contributed by atoms with Crippen molar-refractivity contribution < 1.29 is 14.7 Å². The largest absolute Gasteiger partial charge is 0.480 e. The Labute approximate surface area is 128 Å². The molecular weight excluding hydrogens is 290 g/mol. The van der Waals surface area contributed by atoms with Gasteiger partial charge in [-0.25, -0.2) is 14.8 Å². The van der Waals surface area contributed by atoms with Crippen LogP contribution in [-0.4, -0.2) is 39.2 Å². The fourth-order valence-electron chi connectivity index (χ4n) is 1.99. The van der Waals surface area contributed by atoms with Crippen molar-refractivity contribution in [2.24, 2.45) is 5.92 Å². The van der Waals surface area contributed by atoms with Gasteiger partial charge < -0.3 is 10.4 Å². The predicted molar refractivity (Wildman–Crippen MR) is 81.6 cm³/mol. The van der Waals surface area contributed by atoms with Crippen molar-refractivity contribution in [1.82, 2.24) is 15.3 Å². The van der Waals surface area contributed by atoms with Gasteiger partial charge in [-0.2, -0.15) is 0 Å². The lowest BCUT2D eigenvalue weighted by Crippen LogP contribution is -2.45. The summed E-state index contributed by atoms with van der Waals surface area (Å²) in [5.41, 5.74) is 0.903. The standard InChI is InChI=1S/C14H21N3O3S/c1-6-7(2)11(14(19)20)17-12(18)10-8(3)15-9(4)16-13(10)21-5/h7,11H,6H2,1-5H3,(H,17,18)(H,19,20). The number of nitrogens with zero attached hydrogens (tertiary/aromatic N) is 2. The quantitative estimate of drug-likeness (QED) is 0.617. The number of hydrogen-bond donors (Lipinski definition) is 2. The third-order valence-electron chi connectivity index (χ3n) is 3.35. The van der Waals surface area contributed by atoms with E-state index in [-0.39, 0.29) is 5.92 Å². The Morgan fingerprint density at radius 1 is 1.33 bits per heavy atom. The van der Waals surface area contributed by atoms with Crippen LogP contribution in [0.2, 0.25) is 0 Å². The first kappa shape index (κ1) is 17.4. The van der Waals surface area contributed by atoms with Gasteiger partial charge in [0.25, 0.3) is 5.91 Å². The number of carbonyl (C=O) groups is 2. The minimum Gasteiger partial charge on any atom is -0.480 e. The van der Waals surface area contributed by atoms with Crippen molar-refractivity contribution in [1.29, 1.82) is 0 Å². The fourth-order valence-corrected chi connectivity index (χ4v) is 2.65. The number of hydrogen-bond acceptors (Lipinski definition) is 5. The van der Waals surface area contributed by atoms with Crippen molar-refractivity contribution in [3.05, 3.63) is 17.1 Å². The first-order valence-electron chi connectivity index (χ1n) is 6.74. The highest BCUT2D eigenvalue weighted by atomic mass is 32.2. The lowest BCUT2D eigenvalue weighted by molar-refractivity contribution is -0.140. The molecule has 6 nitrogen and oxygen atoms in total. The maximum Gasteiger partial charge on any atom is 0.326 e. The van der Waals surface area contributed by atoms with E-state index in [9.17, 15) is 14.7 Å². The highest BCUT2D eigenvalue weighted by molar-refractivity contribution is 7.98. The molecule has 2 N–H and O–H groups in total. The molecule has 7 heteroatoms. The average molecular weight is 311 g/mol. The summed E-state index contributed by atoms with van der Waals surface area (Å²) in [6.45, 7) is 7.17. The first-order chi connectivity index (χ1) is 9.81. The number of thioether (sulfide) groups is 1. The SMILES string of the molecule is CCC(C)C(NC(=O)c1c(C)nc(C)nc1SC)C(=O)O. The second-order valence-electron chi connectivity index (χ2n) is 4.92. The fraction of sp³-hybridized carbons (Fsp3) is 0.571. The number of aromatic nitrogens is 2. The van der Waals surface area contributed by atoms with Crippen molar-refractivity contribution in [2.45, 2.75) is 45.2 Å². The van der Waals surface area contributed by atoms with Crippen LogP contribution in [0.3, 0.4) is 0 Å². The molecule has 2 atom stereocenters. The average Bonchev–Trinajstić information content (AvgIpc) is 2.42. The molecule has 0 aliphatic rings. The summed E-state index contributed by atoms with van der Waals surface area (Å²) in [6.07, 6.45) is 2.48. The van der Waals surface area contributed by atoms with Crippen LogP contribution in [0.4, 0.5) is 0 Å². The van der Waals surface area contributed by atoms with Crippen molar-refractivity contribution in [3.63, 3.8) is 0 Å². The zero-order chi connectivity index (χ0) is 16.2. The number of amides is 1. The Morgan fingerprint density at radius 3 is 2.43 bits per heavy atom. The first-order valence-corrected chi connectivity index (χ1v) is 7.97. The van der Waals surface area contributed by atoms with Crippen LogP contribution in [0, 0.1) is 19.8 Å². The van der Waals surface area contributed by atoms with E-state index in [1.807, 2.05) is 13.2 Å². The molecule has 0 aliphatic carbocycles. The van der Waals surface area contributed by atoms with E-state index in [0.717, 1.165) is 0 Å². The highest BCUT2D eigenvalue weighted by Gasteiger charge is 2.28. The van der Waals surface area contributed by atoms with Crippen LogP contribution in [-0.2, 0) is 4.79 Å². The van der Waals surface area contributed by atoms with Gasteiger partial charge in [0.15, 0.2) is 0 Å². The number of aryl methyl sites for hydroxylation is 2. The van der Waals surface area contributed by atoms with Crippen LogP contribution in [0.15, 0.2) is 5.03 Å². The molecule has 116 valence electrons. The van der Waals surface area contributed by atoms with Crippen LogP contribution in [0.5, 0.6) is 0 Å². The number of carboxylic acids is 1. The molecule has 0 spiro atoms. The minimum absolute atomic E-state index is 0.157. The summed E-state index contributed by atoms with van der Waals surface area (Å²) in [6, 6.07) is -0.919. The molecule has 0 aromatic carbocycles. The molecule has 0 fully saturated rings. The number of aliphatic carboxylic acids is 1. The smallest absolute Gasteiger partial charge is 0.326 e. The summed E-state index contributed by atoms with van der Waals surface area (Å²) < 4.78 is 0. The van der Waals surface area contributed by atoms with E-state index in [2.05, 4.69) is 15.3 Å². The summed E-state index contributed by atoms with van der Waals surface area (Å²) in [5.74, 6) is -1.04. The van der Waals surface area contributed by atoms with Gasteiger partial charge in [0.05, 0.1) is 11.3 Å². The molecule has 1 aromatic heterocycles. The van der Waals surface area contributed by atoms with Crippen LogP contribution in [0.1, 0.15) is 42.1 Å². The molecule has 0 saturated carbocycles. The summed E-state index contributed by atoms with van der Waals surface area (Å²) in [7, 11) is 0. The van der Waals surface area contributed by atoms with Gasteiger partial charge >= 0.3 is 5.97 Å². The van der Waals surface area contributed by atoms with E-state index < -0.39 is 17.9 Å². The van der Waals surface area contributed by atoms with Crippen molar-refractivity contribution in [2.75, 3.05) is 6.26 Å². The second kappa shape index (κ2) is 7.40. The Bertz CT molecular complexity index is 549. The number of carboxylic acid groups (broad SMARTS) is 1. The second-order valence-corrected chi connectivity index (χ2v) is 5.71. The van der Waals surface area contributed by atoms with Gasteiger partial charge in [-0.15, -0.1) is 11.8 Å². The third kappa shape index (κ3) is 4.17. The van der Waals surface area contributed by atoms with Crippen molar-refractivity contribution in [3.8, 4) is 0 Å². The molecule has 2 unspecified atom stereocenters. The van der Waals surface area contributed by atoms with E-state index in [1.54, 1.807) is 20.8 Å². The molecular formula is C14H21N3O3S. The van der Waals surface area contributed by atoms with Crippen LogP contribution in [0.25, 0.3) is 0 Å². The van der Waals surface area contributed by atoms with Crippen LogP contribution >= 0.6 is 11.8 Å². The molecule has 0 aliphatic heterocycles. The van der Waals surface area contributed by atoms with E-state index in [0.29, 0.717) is 28.5 Å². The summed E-state index contributed by atoms with van der Waals surface area (Å²) in [5, 5.41) is 12.4. The molecule has 0 saturated heterocycles. The van der Waals surface area contributed by atoms with Gasteiger partial charge in [0.1, 0.15) is 16.9 Å². The summed E-state index contributed by atoms with van der Waals surface area (Å²) in [4.78, 5) is 32.2. The maximum atomic E-state index is 12.4. The number of carbonyl (C=O) groups excluding carboxylic acids is 1. The third-order valence-corrected chi connectivity index (χ3v) is 4.04. The van der Waals surface area contributed by atoms with Crippen molar-refractivity contribution >= 4 is 23.6 Å². The highest BCUT2D eigenvalue weighted by Crippen LogP contribution is 2.21. The van der Waals surface area contributed by atoms with E-state index in [4.69, 9.17) is 0 Å². The Balaban J connectivity index is 3.11. The predicted octanol–water partition coefficient (Wildman–Crippen LogP) is 2.04. The Hall–Kier alpha value is -1.63. The molecule has 1 amide bonds. The molecule has 1 rings (SSSR count). The molecule has 1 aromatic rings. The monoisotopic (exact) mass is 311 g/mol. The van der Waals surface area contributed by atoms with Gasteiger partial charge in [-0.3, -0.25) is 4.79 Å². The zero-order valence-corrected chi connectivity index (χ0v) is 13.7. The Kier molecular flexibility index (Phi) is 6.14. The number of rotatable bonds is 6. The zero-order valence-electron chi connectivity index (χ0n) is 12.9. The maximum absolute atomic E-state index is 12.4. The summed E-state index contributed by atoms with van der Waals surface area (Å²) >= 11 is 1.34. The van der Waals surface area contributed by atoms with Gasteiger partial charge in [0, 0.05) is 0 Å². The molecule has 0 bridgehead atoms. The lowest BCUT2D eigenvalue weighted by atomic mass is 9.99. The normalized spacial score (nSPS) is 13.6. The Morgan fingerprint density at radius 2 is 1.95 bits per heavy atom. The minimum atomic E-state index is -1.03.